The molecule has 0 saturated carbocycles. The van der Waals surface area contributed by atoms with Gasteiger partial charge in [-0.05, 0) is 24.3 Å². The summed E-state index contributed by atoms with van der Waals surface area (Å²) in [5.41, 5.74) is 2.75. The Morgan fingerprint density at radius 1 is 0.971 bits per heavy atom. The van der Waals surface area contributed by atoms with E-state index in [1.165, 1.54) is 35.0 Å². The van der Waals surface area contributed by atoms with E-state index in [9.17, 15) is 14.9 Å². The first kappa shape index (κ1) is 21.7. The fraction of sp³-hybridized carbons (Fsp3) is 0.125. The van der Waals surface area contributed by atoms with Crippen LogP contribution in [0.4, 0.5) is 11.4 Å². The minimum absolute atomic E-state index is 0.0355. The number of aromatic nitrogens is 3. The SMILES string of the molecule is O=C(CSc1nnc(CCn2c3ccccc3c3ccccc32)o1)Nc1ccc([N+](=O)[O-])cc1. The molecule has 0 saturated heterocycles. The highest BCUT2D eigenvalue weighted by atomic mass is 32.2. The van der Waals surface area contributed by atoms with E-state index >= 15 is 0 Å². The van der Waals surface area contributed by atoms with E-state index in [4.69, 9.17) is 4.42 Å². The van der Waals surface area contributed by atoms with Crippen LogP contribution < -0.4 is 5.32 Å². The quantitative estimate of drug-likeness (QED) is 0.190. The number of amides is 1. The van der Waals surface area contributed by atoms with Gasteiger partial charge < -0.3 is 14.3 Å². The summed E-state index contributed by atoms with van der Waals surface area (Å²) >= 11 is 1.14. The highest BCUT2D eigenvalue weighted by Crippen LogP contribution is 2.29. The summed E-state index contributed by atoms with van der Waals surface area (Å²) in [6.07, 6.45) is 0.561. The van der Waals surface area contributed by atoms with Gasteiger partial charge in [0.1, 0.15) is 0 Å². The number of carbonyl (C=O) groups is 1. The molecular formula is C24H19N5O4S. The molecule has 5 rings (SSSR count). The van der Waals surface area contributed by atoms with Crippen LogP contribution in [0.2, 0.25) is 0 Å². The second kappa shape index (κ2) is 9.36. The number of nitro benzene ring substituents is 1. The van der Waals surface area contributed by atoms with Gasteiger partial charge >= 0.3 is 0 Å². The lowest BCUT2D eigenvalue weighted by atomic mass is 10.2. The van der Waals surface area contributed by atoms with Crippen LogP contribution in [0, 0.1) is 10.1 Å². The summed E-state index contributed by atoms with van der Waals surface area (Å²) in [6.45, 7) is 0.682. The van der Waals surface area contributed by atoms with Gasteiger partial charge in [-0.2, -0.15) is 0 Å². The summed E-state index contributed by atoms with van der Waals surface area (Å²) in [5.74, 6) is 0.301. The number of para-hydroxylation sites is 2. The summed E-state index contributed by atoms with van der Waals surface area (Å²) < 4.78 is 7.97. The van der Waals surface area contributed by atoms with E-state index < -0.39 is 4.92 Å². The van der Waals surface area contributed by atoms with Gasteiger partial charge in [0, 0.05) is 52.6 Å². The molecular weight excluding hydrogens is 454 g/mol. The molecule has 0 fully saturated rings. The number of carbonyl (C=O) groups excluding carboxylic acids is 1. The third kappa shape index (κ3) is 4.48. The van der Waals surface area contributed by atoms with Crippen molar-refractivity contribution in [1.82, 2.24) is 14.8 Å². The number of fused-ring (bicyclic) bond motifs is 3. The van der Waals surface area contributed by atoms with Gasteiger partial charge in [0.15, 0.2) is 0 Å². The van der Waals surface area contributed by atoms with E-state index in [1.54, 1.807) is 0 Å². The number of nitrogens with one attached hydrogen (secondary N) is 1. The van der Waals surface area contributed by atoms with Gasteiger partial charge in [-0.1, -0.05) is 48.2 Å². The van der Waals surface area contributed by atoms with Crippen molar-refractivity contribution in [1.29, 1.82) is 0 Å². The van der Waals surface area contributed by atoms with Crippen molar-refractivity contribution in [2.45, 2.75) is 18.2 Å². The summed E-state index contributed by atoms with van der Waals surface area (Å²) in [7, 11) is 0. The van der Waals surface area contributed by atoms with Crippen molar-refractivity contribution >= 4 is 50.8 Å². The number of aryl methyl sites for hydroxylation is 2. The molecule has 3 aromatic carbocycles. The summed E-state index contributed by atoms with van der Waals surface area (Å²) in [4.78, 5) is 22.4. The zero-order valence-corrected chi connectivity index (χ0v) is 18.7. The third-order valence-corrected chi connectivity index (χ3v) is 6.18. The van der Waals surface area contributed by atoms with E-state index in [-0.39, 0.29) is 17.3 Å². The zero-order chi connectivity index (χ0) is 23.5. The van der Waals surface area contributed by atoms with Crippen LogP contribution >= 0.6 is 11.8 Å². The van der Waals surface area contributed by atoms with Gasteiger partial charge in [0.2, 0.25) is 11.8 Å². The minimum atomic E-state index is -0.490. The number of hydrogen-bond acceptors (Lipinski definition) is 7. The lowest BCUT2D eigenvalue weighted by Gasteiger charge is -2.05. The Bertz CT molecular complexity index is 1440. The molecule has 34 heavy (non-hydrogen) atoms. The first-order chi connectivity index (χ1) is 16.6. The standard InChI is InChI=1S/C24H19N5O4S/c30-22(25-16-9-11-17(12-10-16)29(31)32)15-34-24-27-26-23(33-24)13-14-28-20-7-3-1-5-18(20)19-6-2-4-8-21(19)28/h1-12H,13-15H2,(H,25,30). The number of non-ortho nitro benzene ring substituents is 1. The van der Waals surface area contributed by atoms with Gasteiger partial charge in [0.25, 0.3) is 10.9 Å². The number of rotatable bonds is 8. The topological polar surface area (TPSA) is 116 Å². The predicted molar refractivity (Wildman–Crippen MR) is 130 cm³/mol. The molecule has 0 spiro atoms. The molecule has 0 bridgehead atoms. The van der Waals surface area contributed by atoms with E-state index in [1.807, 2.05) is 24.3 Å². The Morgan fingerprint density at radius 3 is 2.26 bits per heavy atom. The Kier molecular flexibility index (Phi) is 5.96. The van der Waals surface area contributed by atoms with E-state index in [2.05, 4.69) is 44.3 Å². The Balaban J connectivity index is 1.20. The van der Waals surface area contributed by atoms with Crippen LogP contribution in [0.15, 0.2) is 82.4 Å². The average molecular weight is 474 g/mol. The van der Waals surface area contributed by atoms with Crippen molar-refractivity contribution in [2.75, 3.05) is 11.1 Å². The fourth-order valence-electron chi connectivity index (χ4n) is 3.84. The van der Waals surface area contributed by atoms with Crippen LogP contribution in [-0.2, 0) is 17.8 Å². The highest BCUT2D eigenvalue weighted by Gasteiger charge is 2.13. The molecule has 2 aromatic heterocycles. The molecule has 2 heterocycles. The van der Waals surface area contributed by atoms with Crippen molar-refractivity contribution < 1.29 is 14.1 Å². The maximum absolute atomic E-state index is 12.2. The maximum atomic E-state index is 12.2. The van der Waals surface area contributed by atoms with Crippen molar-refractivity contribution in [3.63, 3.8) is 0 Å². The molecule has 0 aliphatic rings. The highest BCUT2D eigenvalue weighted by molar-refractivity contribution is 7.99. The predicted octanol–water partition coefficient (Wildman–Crippen LogP) is 5.06. The molecule has 0 aliphatic carbocycles. The van der Waals surface area contributed by atoms with Gasteiger partial charge in [-0.15, -0.1) is 10.2 Å². The monoisotopic (exact) mass is 473 g/mol. The molecule has 0 aliphatic heterocycles. The van der Waals surface area contributed by atoms with Gasteiger partial charge in [0.05, 0.1) is 10.7 Å². The van der Waals surface area contributed by atoms with Crippen LogP contribution in [0.1, 0.15) is 5.89 Å². The lowest BCUT2D eigenvalue weighted by Crippen LogP contribution is -2.13. The Hall–Kier alpha value is -4.18. The number of thioether (sulfide) groups is 1. The number of nitrogens with zero attached hydrogens (tertiary/aromatic N) is 4. The summed E-state index contributed by atoms with van der Waals surface area (Å²) in [6, 6.07) is 22.2. The van der Waals surface area contributed by atoms with Crippen molar-refractivity contribution in [3.05, 3.63) is 88.8 Å². The maximum Gasteiger partial charge on any atom is 0.277 e. The number of anilines is 1. The molecule has 9 nitrogen and oxygen atoms in total. The molecule has 10 heteroatoms. The van der Waals surface area contributed by atoms with Crippen molar-refractivity contribution in [2.24, 2.45) is 0 Å². The molecule has 0 unspecified atom stereocenters. The summed E-state index contributed by atoms with van der Waals surface area (Å²) in [5, 5.41) is 24.3. The van der Waals surface area contributed by atoms with Crippen LogP contribution in [0.5, 0.6) is 0 Å². The minimum Gasteiger partial charge on any atom is -0.416 e. The van der Waals surface area contributed by atoms with Gasteiger partial charge in [-0.25, -0.2) is 0 Å². The van der Waals surface area contributed by atoms with Crippen LogP contribution in [-0.4, -0.2) is 31.3 Å². The van der Waals surface area contributed by atoms with Crippen LogP contribution in [0.25, 0.3) is 21.8 Å². The first-order valence-electron chi connectivity index (χ1n) is 10.5. The number of nitro groups is 1. The first-order valence-corrected chi connectivity index (χ1v) is 11.5. The number of benzene rings is 3. The smallest absolute Gasteiger partial charge is 0.277 e. The van der Waals surface area contributed by atoms with Gasteiger partial charge in [-0.3, -0.25) is 14.9 Å². The van der Waals surface area contributed by atoms with Crippen molar-refractivity contribution in [3.8, 4) is 0 Å². The third-order valence-electron chi connectivity index (χ3n) is 5.37. The molecule has 170 valence electrons. The number of hydrogen-bond donors (Lipinski definition) is 1. The fourth-order valence-corrected chi connectivity index (χ4v) is 4.42. The van der Waals surface area contributed by atoms with Crippen LogP contribution in [0.3, 0.4) is 0 Å². The average Bonchev–Trinajstić information content (AvgIpc) is 3.44. The second-order valence-electron chi connectivity index (χ2n) is 7.54. The molecule has 0 radical (unpaired) electrons. The van der Waals surface area contributed by atoms with E-state index in [0.717, 1.165) is 22.8 Å². The Labute approximate surface area is 197 Å². The molecule has 5 aromatic rings. The molecule has 1 amide bonds. The second-order valence-corrected chi connectivity index (χ2v) is 8.47. The molecule has 0 atom stereocenters. The molecule has 1 N–H and O–H groups in total. The normalized spacial score (nSPS) is 11.2. The largest absolute Gasteiger partial charge is 0.416 e. The zero-order valence-electron chi connectivity index (χ0n) is 17.9. The van der Waals surface area contributed by atoms with E-state index in [0.29, 0.717) is 29.8 Å². The Morgan fingerprint density at radius 2 is 1.62 bits per heavy atom. The lowest BCUT2D eigenvalue weighted by molar-refractivity contribution is -0.384.